The first-order valence-corrected chi connectivity index (χ1v) is 7.99. The van der Waals surface area contributed by atoms with Gasteiger partial charge >= 0.3 is 5.97 Å². The van der Waals surface area contributed by atoms with E-state index in [9.17, 15) is 22.8 Å². The SMILES string of the molecule is O=C(COC(=O)c1cc2c(s1)CCC2)Nc1ccc(F)c(F)c1F. The molecule has 0 aliphatic heterocycles. The second-order valence-corrected chi connectivity index (χ2v) is 6.40. The molecule has 4 nitrogen and oxygen atoms in total. The number of hydrogen-bond donors (Lipinski definition) is 1. The lowest BCUT2D eigenvalue weighted by molar-refractivity contribution is -0.119. The topological polar surface area (TPSA) is 55.4 Å². The quantitative estimate of drug-likeness (QED) is 0.675. The van der Waals surface area contributed by atoms with Gasteiger partial charge in [-0.2, -0.15) is 0 Å². The maximum atomic E-state index is 13.4. The van der Waals surface area contributed by atoms with Crippen molar-refractivity contribution in [3.63, 3.8) is 0 Å². The van der Waals surface area contributed by atoms with Crippen LogP contribution in [0.25, 0.3) is 0 Å². The van der Waals surface area contributed by atoms with E-state index in [2.05, 4.69) is 0 Å². The monoisotopic (exact) mass is 355 g/mol. The van der Waals surface area contributed by atoms with Crippen LogP contribution in [-0.2, 0) is 22.4 Å². The lowest BCUT2D eigenvalue weighted by atomic mass is 10.2. The Morgan fingerprint density at radius 1 is 1.17 bits per heavy atom. The number of aryl methyl sites for hydroxylation is 2. The summed E-state index contributed by atoms with van der Waals surface area (Å²) in [5.41, 5.74) is 0.602. The molecule has 1 aromatic heterocycles. The van der Waals surface area contributed by atoms with Crippen molar-refractivity contribution in [2.24, 2.45) is 0 Å². The number of rotatable bonds is 4. The Kier molecular flexibility index (Phi) is 4.57. The van der Waals surface area contributed by atoms with E-state index < -0.39 is 41.6 Å². The zero-order valence-corrected chi connectivity index (χ0v) is 13.1. The molecule has 0 unspecified atom stereocenters. The predicted octanol–water partition coefficient (Wildman–Crippen LogP) is 3.45. The Balaban J connectivity index is 1.57. The smallest absolute Gasteiger partial charge is 0.348 e. The number of hydrogen-bond acceptors (Lipinski definition) is 4. The van der Waals surface area contributed by atoms with Crippen LogP contribution in [-0.4, -0.2) is 18.5 Å². The normalized spacial score (nSPS) is 12.8. The van der Waals surface area contributed by atoms with E-state index >= 15 is 0 Å². The molecule has 1 aliphatic carbocycles. The minimum Gasteiger partial charge on any atom is -0.451 e. The number of benzene rings is 1. The maximum Gasteiger partial charge on any atom is 0.348 e. The molecule has 126 valence electrons. The first-order chi connectivity index (χ1) is 11.5. The molecule has 1 aromatic carbocycles. The van der Waals surface area contributed by atoms with Gasteiger partial charge in [-0.15, -0.1) is 11.3 Å². The third-order valence-corrected chi connectivity index (χ3v) is 4.81. The third-order valence-electron chi connectivity index (χ3n) is 3.59. The molecule has 0 fully saturated rings. The molecule has 8 heteroatoms. The van der Waals surface area contributed by atoms with Crippen molar-refractivity contribution >= 4 is 28.9 Å². The van der Waals surface area contributed by atoms with Gasteiger partial charge in [0.25, 0.3) is 5.91 Å². The van der Waals surface area contributed by atoms with Crippen LogP contribution in [0.4, 0.5) is 18.9 Å². The van der Waals surface area contributed by atoms with Crippen LogP contribution >= 0.6 is 11.3 Å². The Bertz CT molecular complexity index is 798. The molecular formula is C16H12F3NO3S. The van der Waals surface area contributed by atoms with E-state index in [4.69, 9.17) is 4.74 Å². The Morgan fingerprint density at radius 3 is 2.71 bits per heavy atom. The number of amides is 1. The molecule has 24 heavy (non-hydrogen) atoms. The van der Waals surface area contributed by atoms with Crippen molar-refractivity contribution in [1.82, 2.24) is 0 Å². The van der Waals surface area contributed by atoms with Crippen LogP contribution < -0.4 is 5.32 Å². The molecule has 0 spiro atoms. The molecule has 0 saturated heterocycles. The number of anilines is 1. The van der Waals surface area contributed by atoms with Gasteiger partial charge in [-0.3, -0.25) is 4.79 Å². The lowest BCUT2D eigenvalue weighted by Gasteiger charge is -2.07. The van der Waals surface area contributed by atoms with E-state index in [0.29, 0.717) is 10.9 Å². The van der Waals surface area contributed by atoms with Crippen molar-refractivity contribution in [3.8, 4) is 0 Å². The molecule has 2 aromatic rings. The summed E-state index contributed by atoms with van der Waals surface area (Å²) in [7, 11) is 0. The zero-order chi connectivity index (χ0) is 17.3. The summed E-state index contributed by atoms with van der Waals surface area (Å²) in [6, 6.07) is 3.33. The first kappa shape index (κ1) is 16.5. The van der Waals surface area contributed by atoms with Gasteiger partial charge in [0.2, 0.25) is 0 Å². The van der Waals surface area contributed by atoms with Crippen LogP contribution in [0.1, 0.15) is 26.5 Å². The van der Waals surface area contributed by atoms with Gasteiger partial charge in [-0.1, -0.05) is 0 Å². The van der Waals surface area contributed by atoms with Gasteiger partial charge in [0, 0.05) is 4.88 Å². The van der Waals surface area contributed by atoms with Gasteiger partial charge in [-0.05, 0) is 43.0 Å². The summed E-state index contributed by atoms with van der Waals surface area (Å²) in [6.07, 6.45) is 2.93. The second-order valence-electron chi connectivity index (χ2n) is 5.26. The van der Waals surface area contributed by atoms with Crippen LogP contribution in [0.15, 0.2) is 18.2 Å². The van der Waals surface area contributed by atoms with E-state index in [1.54, 1.807) is 6.07 Å². The van der Waals surface area contributed by atoms with Crippen LogP contribution in [0, 0.1) is 17.5 Å². The molecule has 1 N–H and O–H groups in total. The molecule has 1 heterocycles. The summed E-state index contributed by atoms with van der Waals surface area (Å²) in [4.78, 5) is 25.1. The number of nitrogens with one attached hydrogen (secondary N) is 1. The van der Waals surface area contributed by atoms with E-state index in [1.165, 1.54) is 11.3 Å². The number of fused-ring (bicyclic) bond motifs is 1. The fourth-order valence-electron chi connectivity index (χ4n) is 2.44. The molecule has 1 amide bonds. The van der Waals surface area contributed by atoms with E-state index in [1.807, 2.05) is 5.32 Å². The van der Waals surface area contributed by atoms with E-state index in [-0.39, 0.29) is 0 Å². The number of carbonyl (C=O) groups is 2. The maximum absolute atomic E-state index is 13.4. The second kappa shape index (κ2) is 6.64. The molecular weight excluding hydrogens is 343 g/mol. The fraction of sp³-hybridized carbons (Fsp3) is 0.250. The average molecular weight is 355 g/mol. The molecule has 0 saturated carbocycles. The predicted molar refractivity (Wildman–Crippen MR) is 81.6 cm³/mol. The first-order valence-electron chi connectivity index (χ1n) is 7.17. The number of halogens is 3. The largest absolute Gasteiger partial charge is 0.451 e. The van der Waals surface area contributed by atoms with Gasteiger partial charge in [0.1, 0.15) is 4.88 Å². The summed E-state index contributed by atoms with van der Waals surface area (Å²) in [5, 5.41) is 2.03. The van der Waals surface area contributed by atoms with Crippen molar-refractivity contribution in [1.29, 1.82) is 0 Å². The van der Waals surface area contributed by atoms with Gasteiger partial charge in [-0.25, -0.2) is 18.0 Å². The molecule has 1 aliphatic rings. The van der Waals surface area contributed by atoms with Crippen molar-refractivity contribution < 1.29 is 27.5 Å². The summed E-state index contributed by atoms with van der Waals surface area (Å²) in [6.45, 7) is -0.653. The highest BCUT2D eigenvalue weighted by Gasteiger charge is 2.20. The summed E-state index contributed by atoms with van der Waals surface area (Å²) < 4.78 is 44.2. The fourth-order valence-corrected chi connectivity index (χ4v) is 3.59. The van der Waals surface area contributed by atoms with Gasteiger partial charge < -0.3 is 10.1 Å². The highest BCUT2D eigenvalue weighted by atomic mass is 32.1. The molecule has 3 rings (SSSR count). The van der Waals surface area contributed by atoms with Gasteiger partial charge in [0.05, 0.1) is 5.69 Å². The Labute approximate surface area is 139 Å². The molecule has 0 radical (unpaired) electrons. The molecule has 0 atom stereocenters. The number of esters is 1. The lowest BCUT2D eigenvalue weighted by Crippen LogP contribution is -2.21. The molecule has 0 bridgehead atoms. The zero-order valence-electron chi connectivity index (χ0n) is 12.3. The number of carbonyl (C=O) groups excluding carboxylic acids is 2. The minimum atomic E-state index is -1.68. The number of thiophene rings is 1. The van der Waals surface area contributed by atoms with E-state index in [0.717, 1.165) is 35.8 Å². The Hall–Kier alpha value is -2.35. The average Bonchev–Trinajstić information content (AvgIpc) is 3.15. The number of ether oxygens (including phenoxy) is 1. The summed E-state index contributed by atoms with van der Waals surface area (Å²) >= 11 is 1.33. The van der Waals surface area contributed by atoms with Crippen molar-refractivity contribution in [2.75, 3.05) is 11.9 Å². The van der Waals surface area contributed by atoms with Crippen molar-refractivity contribution in [2.45, 2.75) is 19.3 Å². The van der Waals surface area contributed by atoms with Gasteiger partial charge in [0.15, 0.2) is 24.1 Å². The van der Waals surface area contributed by atoms with Crippen LogP contribution in [0.3, 0.4) is 0 Å². The van der Waals surface area contributed by atoms with Crippen LogP contribution in [0.2, 0.25) is 0 Å². The van der Waals surface area contributed by atoms with Crippen molar-refractivity contribution in [3.05, 3.63) is 51.0 Å². The van der Waals surface area contributed by atoms with Crippen LogP contribution in [0.5, 0.6) is 0 Å². The third kappa shape index (κ3) is 3.28. The summed E-state index contributed by atoms with van der Waals surface area (Å²) in [5.74, 6) is -6.04. The highest BCUT2D eigenvalue weighted by molar-refractivity contribution is 7.14. The standard InChI is InChI=1S/C16H12F3NO3S/c17-9-4-5-10(15(19)14(9)18)20-13(21)7-23-16(22)12-6-8-2-1-3-11(8)24-12/h4-6H,1-3,7H2,(H,20,21). The Morgan fingerprint density at radius 2 is 1.96 bits per heavy atom. The highest BCUT2D eigenvalue weighted by Crippen LogP contribution is 2.30. The minimum absolute atomic E-state index is 0.409.